The van der Waals surface area contributed by atoms with E-state index in [1.165, 1.54) is 16.7 Å². The van der Waals surface area contributed by atoms with Crippen LogP contribution in [0.2, 0.25) is 0 Å². The molecule has 26 heavy (non-hydrogen) atoms. The van der Waals surface area contributed by atoms with Crippen molar-refractivity contribution in [3.05, 3.63) is 58.0 Å². The Kier molecular flexibility index (Phi) is 4.36. The maximum absolute atomic E-state index is 5.87. The highest BCUT2D eigenvalue weighted by Gasteiger charge is 2.22. The molecule has 3 aromatic heterocycles. The predicted molar refractivity (Wildman–Crippen MR) is 109 cm³/mol. The Labute approximate surface area is 160 Å². The molecular formula is C20H20BrN5. The van der Waals surface area contributed by atoms with Crippen LogP contribution in [0.4, 0.5) is 5.95 Å². The maximum atomic E-state index is 5.87. The molecule has 3 aromatic rings. The number of aryl methyl sites for hydroxylation is 1. The number of nitrogen functional groups attached to an aromatic ring is 1. The number of hydrogen-bond acceptors (Lipinski definition) is 4. The minimum Gasteiger partial charge on any atom is -0.368 e. The van der Waals surface area contributed by atoms with E-state index in [1.54, 1.807) is 6.20 Å². The van der Waals surface area contributed by atoms with Crippen molar-refractivity contribution >= 4 is 33.1 Å². The summed E-state index contributed by atoms with van der Waals surface area (Å²) in [7, 11) is 0. The molecule has 6 heteroatoms. The normalized spacial score (nSPS) is 14.4. The molecule has 0 radical (unpaired) electrons. The van der Waals surface area contributed by atoms with E-state index in [2.05, 4.69) is 74.6 Å². The molecule has 0 aromatic carbocycles. The molecule has 132 valence electrons. The van der Waals surface area contributed by atoms with Crippen molar-refractivity contribution in [2.75, 3.05) is 5.73 Å². The fraction of sp³-hybridized carbons (Fsp3) is 0.250. The number of hydrogen-bond donors (Lipinski definition) is 1. The second kappa shape index (κ2) is 6.68. The zero-order chi connectivity index (χ0) is 18.3. The van der Waals surface area contributed by atoms with Crippen molar-refractivity contribution in [2.45, 2.75) is 33.1 Å². The summed E-state index contributed by atoms with van der Waals surface area (Å²) in [6, 6.07) is 4.26. The van der Waals surface area contributed by atoms with Crippen LogP contribution in [-0.2, 0) is 6.42 Å². The molecule has 0 saturated heterocycles. The van der Waals surface area contributed by atoms with Gasteiger partial charge in [-0.15, -0.1) is 0 Å². The molecule has 5 nitrogen and oxygen atoms in total. The number of anilines is 1. The van der Waals surface area contributed by atoms with Crippen LogP contribution in [0.5, 0.6) is 0 Å². The molecule has 0 aliphatic heterocycles. The highest BCUT2D eigenvalue weighted by molar-refractivity contribution is 9.10. The third kappa shape index (κ3) is 2.94. The first-order chi connectivity index (χ1) is 12.6. The topological polar surface area (TPSA) is 69.1 Å². The van der Waals surface area contributed by atoms with Crippen LogP contribution in [-0.4, -0.2) is 19.4 Å². The molecular weight excluding hydrogens is 390 g/mol. The Morgan fingerprint density at radius 3 is 2.77 bits per heavy atom. The number of allylic oxidation sites excluding steroid dienone is 4. The first kappa shape index (κ1) is 17.0. The van der Waals surface area contributed by atoms with Gasteiger partial charge < -0.3 is 5.73 Å². The standard InChI is InChI=1S/C20H20BrN5/c1-3-13-8-9-26-16(10-13)24-17(14-6-4-12(2)5-7-14)19(26)18-15(21)11-23-20(22)25-18/h4,6,8-11H,3,5,7H2,1-2H3,(H2,22,23,25). The molecule has 0 unspecified atom stereocenters. The largest absolute Gasteiger partial charge is 0.368 e. The number of pyridine rings is 1. The molecule has 0 saturated carbocycles. The zero-order valence-electron chi connectivity index (χ0n) is 14.8. The molecule has 0 atom stereocenters. The quantitative estimate of drug-likeness (QED) is 0.672. The maximum Gasteiger partial charge on any atom is 0.220 e. The highest BCUT2D eigenvalue weighted by Crippen LogP contribution is 2.36. The lowest BCUT2D eigenvalue weighted by molar-refractivity contribution is 0.971. The predicted octanol–water partition coefficient (Wildman–Crippen LogP) is 4.82. The number of fused-ring (bicyclic) bond motifs is 1. The second-order valence-electron chi connectivity index (χ2n) is 6.56. The summed E-state index contributed by atoms with van der Waals surface area (Å²) in [4.78, 5) is 13.5. The van der Waals surface area contributed by atoms with E-state index in [-0.39, 0.29) is 5.95 Å². The monoisotopic (exact) mass is 409 g/mol. The lowest BCUT2D eigenvalue weighted by Crippen LogP contribution is -2.01. The lowest BCUT2D eigenvalue weighted by atomic mass is 9.96. The Balaban J connectivity index is 2.02. The number of nitrogens with zero attached hydrogens (tertiary/aromatic N) is 4. The Morgan fingerprint density at radius 2 is 2.04 bits per heavy atom. The molecule has 2 N–H and O–H groups in total. The molecule has 3 heterocycles. The molecule has 0 spiro atoms. The van der Waals surface area contributed by atoms with E-state index in [0.29, 0.717) is 0 Å². The minimum atomic E-state index is 0.252. The van der Waals surface area contributed by atoms with Crippen molar-refractivity contribution in [3.63, 3.8) is 0 Å². The number of halogens is 1. The van der Waals surface area contributed by atoms with Gasteiger partial charge in [-0.25, -0.2) is 15.0 Å². The van der Waals surface area contributed by atoms with Gasteiger partial charge in [0.05, 0.1) is 10.2 Å². The third-order valence-corrected chi connectivity index (χ3v) is 5.33. The third-order valence-electron chi connectivity index (χ3n) is 4.75. The van der Waals surface area contributed by atoms with Crippen LogP contribution >= 0.6 is 15.9 Å². The van der Waals surface area contributed by atoms with Crippen molar-refractivity contribution in [1.82, 2.24) is 19.4 Å². The molecule has 1 aliphatic rings. The van der Waals surface area contributed by atoms with Crippen LogP contribution in [0, 0.1) is 0 Å². The zero-order valence-corrected chi connectivity index (χ0v) is 16.4. The summed E-state index contributed by atoms with van der Waals surface area (Å²) >= 11 is 3.58. The van der Waals surface area contributed by atoms with Crippen molar-refractivity contribution < 1.29 is 0 Å². The highest BCUT2D eigenvalue weighted by atomic mass is 79.9. The summed E-state index contributed by atoms with van der Waals surface area (Å²) in [6.45, 7) is 4.31. The first-order valence-electron chi connectivity index (χ1n) is 8.73. The second-order valence-corrected chi connectivity index (χ2v) is 7.41. The number of imidazole rings is 1. The van der Waals surface area contributed by atoms with Gasteiger partial charge in [-0.1, -0.05) is 24.6 Å². The smallest absolute Gasteiger partial charge is 0.220 e. The van der Waals surface area contributed by atoms with E-state index in [0.717, 1.165) is 46.5 Å². The summed E-state index contributed by atoms with van der Waals surface area (Å²) in [5.41, 5.74) is 13.3. The van der Waals surface area contributed by atoms with E-state index >= 15 is 0 Å². The van der Waals surface area contributed by atoms with Gasteiger partial charge >= 0.3 is 0 Å². The first-order valence-corrected chi connectivity index (χ1v) is 9.52. The summed E-state index contributed by atoms with van der Waals surface area (Å²) in [5.74, 6) is 0.252. The average molecular weight is 410 g/mol. The van der Waals surface area contributed by atoms with Gasteiger partial charge in [0.2, 0.25) is 5.95 Å². The lowest BCUT2D eigenvalue weighted by Gasteiger charge is -2.13. The Bertz CT molecular complexity index is 1060. The molecule has 1 aliphatic carbocycles. The van der Waals surface area contributed by atoms with Gasteiger partial charge in [0.25, 0.3) is 0 Å². The van der Waals surface area contributed by atoms with Crippen LogP contribution in [0.3, 0.4) is 0 Å². The van der Waals surface area contributed by atoms with Crippen LogP contribution in [0.1, 0.15) is 37.9 Å². The number of nitrogens with two attached hydrogens (primary N) is 1. The van der Waals surface area contributed by atoms with E-state index in [4.69, 9.17) is 10.7 Å². The van der Waals surface area contributed by atoms with E-state index in [9.17, 15) is 0 Å². The van der Waals surface area contributed by atoms with Gasteiger partial charge in [0.15, 0.2) is 0 Å². The van der Waals surface area contributed by atoms with Crippen LogP contribution < -0.4 is 5.73 Å². The fourth-order valence-electron chi connectivity index (χ4n) is 3.24. The Hall–Kier alpha value is -2.47. The van der Waals surface area contributed by atoms with Gasteiger partial charge in [-0.2, -0.15) is 0 Å². The molecule has 0 fully saturated rings. The van der Waals surface area contributed by atoms with Crippen molar-refractivity contribution in [3.8, 4) is 11.4 Å². The fourth-order valence-corrected chi connectivity index (χ4v) is 3.62. The van der Waals surface area contributed by atoms with E-state index in [1.807, 2.05) is 0 Å². The molecule has 0 amide bonds. The average Bonchev–Trinajstić information content (AvgIpc) is 3.02. The summed E-state index contributed by atoms with van der Waals surface area (Å²) in [5, 5.41) is 0. The van der Waals surface area contributed by atoms with Crippen molar-refractivity contribution in [2.24, 2.45) is 0 Å². The Morgan fingerprint density at radius 1 is 1.19 bits per heavy atom. The van der Waals surface area contributed by atoms with Crippen LogP contribution in [0.15, 0.2) is 46.7 Å². The van der Waals surface area contributed by atoms with Crippen LogP contribution in [0.25, 0.3) is 22.6 Å². The van der Waals surface area contributed by atoms with E-state index < -0.39 is 0 Å². The SMILES string of the molecule is CCc1ccn2c(-c3nc(N)ncc3Br)c(C3=CC=C(C)CC3)nc2c1. The van der Waals surface area contributed by atoms with Crippen molar-refractivity contribution in [1.29, 1.82) is 0 Å². The molecule has 4 rings (SSSR count). The summed E-state index contributed by atoms with van der Waals surface area (Å²) in [6.07, 6.45) is 11.1. The summed E-state index contributed by atoms with van der Waals surface area (Å²) < 4.78 is 2.89. The van der Waals surface area contributed by atoms with Gasteiger partial charge in [0, 0.05) is 12.4 Å². The molecule has 0 bridgehead atoms. The van der Waals surface area contributed by atoms with Gasteiger partial charge in [0.1, 0.15) is 17.0 Å². The minimum absolute atomic E-state index is 0.252. The van der Waals surface area contributed by atoms with Gasteiger partial charge in [-0.3, -0.25) is 4.40 Å². The number of rotatable bonds is 3. The number of aromatic nitrogens is 4. The van der Waals surface area contributed by atoms with Gasteiger partial charge in [-0.05, 0) is 65.4 Å².